The normalized spacial score (nSPS) is 19.3. The summed E-state index contributed by atoms with van der Waals surface area (Å²) in [6.45, 7) is 3.90. The van der Waals surface area contributed by atoms with E-state index in [-0.39, 0.29) is 0 Å². The minimum Gasteiger partial charge on any atom is -0.368 e. The van der Waals surface area contributed by atoms with Crippen molar-refractivity contribution < 1.29 is 0 Å². The molecule has 3 N–H and O–H groups in total. The summed E-state index contributed by atoms with van der Waals surface area (Å²) in [5.41, 5.74) is 7.98. The average Bonchev–Trinajstić information content (AvgIpc) is 2.47. The molecule has 2 aliphatic heterocycles. The van der Waals surface area contributed by atoms with Gasteiger partial charge in [-0.1, -0.05) is 0 Å². The standard InChI is InChI=1S/C9H13N5/c10-9-12-7-5-11-4-6(7)8(13-9)14-2-1-3-14/h11H,1-5H2,(H2,10,12,13). The van der Waals surface area contributed by atoms with Crippen LogP contribution in [0.3, 0.4) is 0 Å². The fourth-order valence-electron chi connectivity index (χ4n) is 1.96. The van der Waals surface area contributed by atoms with Crippen LogP contribution in [0.1, 0.15) is 17.7 Å². The predicted octanol–water partition coefficient (Wildman–Crippen LogP) is -0.128. The van der Waals surface area contributed by atoms with Crippen LogP contribution in [0, 0.1) is 0 Å². The maximum atomic E-state index is 5.67. The molecule has 74 valence electrons. The number of nitrogens with zero attached hydrogens (tertiary/aromatic N) is 3. The molecule has 0 saturated carbocycles. The van der Waals surface area contributed by atoms with Crippen LogP contribution in [0.2, 0.25) is 0 Å². The second kappa shape index (κ2) is 2.81. The molecule has 14 heavy (non-hydrogen) atoms. The molecule has 1 aromatic rings. The average molecular weight is 191 g/mol. The van der Waals surface area contributed by atoms with Crippen molar-refractivity contribution in [3.8, 4) is 0 Å². The molecule has 5 nitrogen and oxygen atoms in total. The Labute approximate surface area is 82.3 Å². The van der Waals surface area contributed by atoms with E-state index in [1.54, 1.807) is 0 Å². The quantitative estimate of drug-likeness (QED) is 0.647. The lowest BCUT2D eigenvalue weighted by atomic mass is 10.1. The third kappa shape index (κ3) is 1.05. The van der Waals surface area contributed by atoms with Crippen LogP contribution in [-0.4, -0.2) is 23.1 Å². The first-order valence-corrected chi connectivity index (χ1v) is 4.95. The van der Waals surface area contributed by atoms with E-state index in [2.05, 4.69) is 20.2 Å². The molecule has 3 heterocycles. The van der Waals surface area contributed by atoms with Crippen LogP contribution in [0.15, 0.2) is 0 Å². The van der Waals surface area contributed by atoms with Gasteiger partial charge in [-0.2, -0.15) is 4.98 Å². The second-order valence-corrected chi connectivity index (χ2v) is 3.77. The van der Waals surface area contributed by atoms with Gasteiger partial charge < -0.3 is 16.0 Å². The van der Waals surface area contributed by atoms with Crippen LogP contribution < -0.4 is 16.0 Å². The largest absolute Gasteiger partial charge is 0.368 e. The van der Waals surface area contributed by atoms with Crippen molar-refractivity contribution in [2.75, 3.05) is 23.7 Å². The molecule has 0 amide bonds. The van der Waals surface area contributed by atoms with E-state index in [1.807, 2.05) is 0 Å². The number of nitrogens with two attached hydrogens (primary N) is 1. The van der Waals surface area contributed by atoms with E-state index in [0.29, 0.717) is 5.95 Å². The van der Waals surface area contributed by atoms with E-state index < -0.39 is 0 Å². The van der Waals surface area contributed by atoms with Crippen LogP contribution in [-0.2, 0) is 13.1 Å². The summed E-state index contributed by atoms with van der Waals surface area (Å²) < 4.78 is 0. The molecule has 0 radical (unpaired) electrons. The van der Waals surface area contributed by atoms with Gasteiger partial charge in [0, 0.05) is 31.7 Å². The zero-order valence-electron chi connectivity index (χ0n) is 7.95. The lowest BCUT2D eigenvalue weighted by Crippen LogP contribution is -2.38. The van der Waals surface area contributed by atoms with Crippen LogP contribution in [0.5, 0.6) is 0 Å². The monoisotopic (exact) mass is 191 g/mol. The van der Waals surface area contributed by atoms with Crippen LogP contribution >= 0.6 is 0 Å². The van der Waals surface area contributed by atoms with E-state index in [4.69, 9.17) is 5.73 Å². The number of rotatable bonds is 1. The molecule has 0 unspecified atom stereocenters. The summed E-state index contributed by atoms with van der Waals surface area (Å²) in [4.78, 5) is 10.8. The first-order chi connectivity index (χ1) is 6.84. The minimum atomic E-state index is 0.398. The van der Waals surface area contributed by atoms with Crippen molar-refractivity contribution in [3.05, 3.63) is 11.3 Å². The molecule has 1 fully saturated rings. The van der Waals surface area contributed by atoms with Gasteiger partial charge in [0.2, 0.25) is 5.95 Å². The fraction of sp³-hybridized carbons (Fsp3) is 0.556. The molecule has 2 aliphatic rings. The molecule has 0 bridgehead atoms. The zero-order valence-corrected chi connectivity index (χ0v) is 7.95. The Bertz CT molecular complexity index is 372. The Balaban J connectivity index is 2.08. The van der Waals surface area contributed by atoms with Gasteiger partial charge in [0.1, 0.15) is 5.82 Å². The number of hydrogen-bond donors (Lipinski definition) is 2. The minimum absolute atomic E-state index is 0.398. The van der Waals surface area contributed by atoms with Gasteiger partial charge in [-0.15, -0.1) is 0 Å². The highest BCUT2D eigenvalue weighted by Gasteiger charge is 2.24. The first kappa shape index (κ1) is 7.99. The Morgan fingerprint density at radius 1 is 1.21 bits per heavy atom. The van der Waals surface area contributed by atoms with Crippen molar-refractivity contribution in [2.24, 2.45) is 0 Å². The van der Waals surface area contributed by atoms with Crippen molar-refractivity contribution >= 4 is 11.8 Å². The van der Waals surface area contributed by atoms with Gasteiger partial charge in [-0.05, 0) is 6.42 Å². The van der Waals surface area contributed by atoms with Crippen molar-refractivity contribution in [1.82, 2.24) is 15.3 Å². The van der Waals surface area contributed by atoms with E-state index >= 15 is 0 Å². The molecule has 1 saturated heterocycles. The number of anilines is 2. The molecule has 3 rings (SSSR count). The predicted molar refractivity (Wildman–Crippen MR) is 53.8 cm³/mol. The molecular weight excluding hydrogens is 178 g/mol. The number of nitrogen functional groups attached to an aromatic ring is 1. The molecular formula is C9H13N5. The summed E-state index contributed by atoms with van der Waals surface area (Å²) in [6, 6.07) is 0. The molecule has 0 spiro atoms. The maximum absolute atomic E-state index is 5.67. The lowest BCUT2D eigenvalue weighted by Gasteiger charge is -2.33. The number of hydrogen-bond acceptors (Lipinski definition) is 5. The van der Waals surface area contributed by atoms with E-state index in [9.17, 15) is 0 Å². The Morgan fingerprint density at radius 2 is 2.07 bits per heavy atom. The van der Waals surface area contributed by atoms with Gasteiger partial charge in [0.25, 0.3) is 0 Å². The lowest BCUT2D eigenvalue weighted by molar-refractivity contribution is 0.605. The Kier molecular flexibility index (Phi) is 1.61. The molecule has 0 aliphatic carbocycles. The zero-order chi connectivity index (χ0) is 9.54. The molecule has 1 aromatic heterocycles. The summed E-state index contributed by atoms with van der Waals surface area (Å²) in [5, 5.41) is 3.27. The summed E-state index contributed by atoms with van der Waals surface area (Å²) in [5.74, 6) is 1.44. The van der Waals surface area contributed by atoms with Crippen molar-refractivity contribution in [2.45, 2.75) is 19.5 Å². The SMILES string of the molecule is Nc1nc2c(c(N3CCC3)n1)CNC2. The smallest absolute Gasteiger partial charge is 0.222 e. The molecule has 0 aromatic carbocycles. The van der Waals surface area contributed by atoms with E-state index in [1.165, 1.54) is 12.0 Å². The Hall–Kier alpha value is -1.36. The van der Waals surface area contributed by atoms with Crippen LogP contribution in [0.25, 0.3) is 0 Å². The highest BCUT2D eigenvalue weighted by molar-refractivity contribution is 5.54. The summed E-state index contributed by atoms with van der Waals surface area (Å²) in [7, 11) is 0. The first-order valence-electron chi connectivity index (χ1n) is 4.95. The number of nitrogens with one attached hydrogen (secondary N) is 1. The highest BCUT2D eigenvalue weighted by atomic mass is 15.3. The molecule has 0 atom stereocenters. The van der Waals surface area contributed by atoms with Gasteiger partial charge in [-0.3, -0.25) is 0 Å². The number of aromatic nitrogens is 2. The van der Waals surface area contributed by atoms with Gasteiger partial charge in [0.05, 0.1) is 5.69 Å². The third-order valence-electron chi connectivity index (χ3n) is 2.84. The maximum Gasteiger partial charge on any atom is 0.222 e. The summed E-state index contributed by atoms with van der Waals surface area (Å²) in [6.07, 6.45) is 1.26. The van der Waals surface area contributed by atoms with E-state index in [0.717, 1.165) is 37.7 Å². The van der Waals surface area contributed by atoms with Crippen molar-refractivity contribution in [3.63, 3.8) is 0 Å². The second-order valence-electron chi connectivity index (χ2n) is 3.77. The van der Waals surface area contributed by atoms with Crippen molar-refractivity contribution in [1.29, 1.82) is 0 Å². The van der Waals surface area contributed by atoms with Gasteiger partial charge >= 0.3 is 0 Å². The number of fused-ring (bicyclic) bond motifs is 1. The Morgan fingerprint density at radius 3 is 2.79 bits per heavy atom. The third-order valence-corrected chi connectivity index (χ3v) is 2.84. The summed E-state index contributed by atoms with van der Waals surface area (Å²) >= 11 is 0. The fourth-order valence-corrected chi connectivity index (χ4v) is 1.96. The van der Waals surface area contributed by atoms with Gasteiger partial charge in [-0.25, -0.2) is 4.98 Å². The highest BCUT2D eigenvalue weighted by Crippen LogP contribution is 2.28. The topological polar surface area (TPSA) is 67.1 Å². The van der Waals surface area contributed by atoms with Gasteiger partial charge in [0.15, 0.2) is 0 Å². The van der Waals surface area contributed by atoms with Crippen LogP contribution in [0.4, 0.5) is 11.8 Å². The molecule has 5 heteroatoms.